The van der Waals surface area contributed by atoms with Crippen molar-refractivity contribution in [3.63, 3.8) is 0 Å². The van der Waals surface area contributed by atoms with Gasteiger partial charge in [-0.1, -0.05) is 19.3 Å². The lowest BCUT2D eigenvalue weighted by Crippen LogP contribution is -2.34. The summed E-state index contributed by atoms with van der Waals surface area (Å²) in [6, 6.07) is 0. The van der Waals surface area contributed by atoms with Crippen molar-refractivity contribution < 1.29 is 9.84 Å². The maximum absolute atomic E-state index is 10.1. The third-order valence-corrected chi connectivity index (χ3v) is 3.78. The molecule has 0 aromatic heterocycles. The highest BCUT2D eigenvalue weighted by atomic mass is 32.2. The molecule has 0 saturated heterocycles. The van der Waals surface area contributed by atoms with Crippen LogP contribution in [0.2, 0.25) is 0 Å². The number of methoxy groups -OCH3 is 1. The maximum Gasteiger partial charge on any atom is 0.0737 e. The Balaban J connectivity index is 2.10. The zero-order valence-electron chi connectivity index (χ0n) is 8.42. The van der Waals surface area contributed by atoms with Crippen LogP contribution in [0.25, 0.3) is 0 Å². The Labute approximate surface area is 85.0 Å². The van der Waals surface area contributed by atoms with Gasteiger partial charge in [-0.15, -0.1) is 0 Å². The van der Waals surface area contributed by atoms with Crippen molar-refractivity contribution in [3.8, 4) is 0 Å². The topological polar surface area (TPSA) is 29.5 Å². The molecule has 1 aliphatic rings. The molecule has 1 N–H and O–H groups in total. The van der Waals surface area contributed by atoms with Crippen molar-refractivity contribution in [2.75, 3.05) is 25.2 Å². The highest BCUT2D eigenvalue weighted by Crippen LogP contribution is 2.30. The van der Waals surface area contributed by atoms with Crippen LogP contribution in [0.15, 0.2) is 0 Å². The standard InChI is InChI=1S/C10H20O2S/c1-12-7-8-13-9-10(11)5-3-2-4-6-10/h11H,2-9H2,1H3. The third-order valence-electron chi connectivity index (χ3n) is 2.59. The predicted molar refractivity (Wildman–Crippen MR) is 57.2 cm³/mol. The summed E-state index contributed by atoms with van der Waals surface area (Å²) in [7, 11) is 1.72. The van der Waals surface area contributed by atoms with Gasteiger partial charge in [-0.2, -0.15) is 11.8 Å². The van der Waals surface area contributed by atoms with Crippen molar-refractivity contribution in [3.05, 3.63) is 0 Å². The van der Waals surface area contributed by atoms with Gasteiger partial charge in [0, 0.05) is 18.6 Å². The lowest BCUT2D eigenvalue weighted by atomic mass is 9.86. The first kappa shape index (κ1) is 11.3. The van der Waals surface area contributed by atoms with E-state index in [4.69, 9.17) is 4.74 Å². The molecule has 0 aliphatic heterocycles. The summed E-state index contributed by atoms with van der Waals surface area (Å²) in [5, 5.41) is 10.1. The average molecular weight is 204 g/mol. The quantitative estimate of drug-likeness (QED) is 0.695. The molecular formula is C10H20O2S. The summed E-state index contributed by atoms with van der Waals surface area (Å²) in [5.74, 6) is 1.88. The molecular weight excluding hydrogens is 184 g/mol. The Kier molecular flexibility index (Phi) is 5.14. The lowest BCUT2D eigenvalue weighted by molar-refractivity contribution is 0.0272. The van der Waals surface area contributed by atoms with Gasteiger partial charge in [0.05, 0.1) is 12.2 Å². The fourth-order valence-electron chi connectivity index (χ4n) is 1.76. The molecule has 0 aromatic rings. The second-order valence-electron chi connectivity index (χ2n) is 3.83. The summed E-state index contributed by atoms with van der Waals surface area (Å²) >= 11 is 1.81. The van der Waals surface area contributed by atoms with Gasteiger partial charge in [0.1, 0.15) is 0 Å². The zero-order chi connectivity index (χ0) is 9.57. The van der Waals surface area contributed by atoms with Gasteiger partial charge in [-0.05, 0) is 12.8 Å². The smallest absolute Gasteiger partial charge is 0.0737 e. The van der Waals surface area contributed by atoms with E-state index in [9.17, 15) is 5.11 Å². The van der Waals surface area contributed by atoms with Crippen molar-refractivity contribution in [1.29, 1.82) is 0 Å². The van der Waals surface area contributed by atoms with Crippen molar-refractivity contribution >= 4 is 11.8 Å². The van der Waals surface area contributed by atoms with Crippen LogP contribution in [0.3, 0.4) is 0 Å². The third kappa shape index (κ3) is 4.34. The summed E-state index contributed by atoms with van der Waals surface area (Å²) in [5.41, 5.74) is -0.364. The van der Waals surface area contributed by atoms with Gasteiger partial charge < -0.3 is 9.84 Å². The minimum absolute atomic E-state index is 0.364. The SMILES string of the molecule is COCCSCC1(O)CCCCC1. The molecule has 1 aliphatic carbocycles. The van der Waals surface area contributed by atoms with Crippen LogP contribution in [0.4, 0.5) is 0 Å². The highest BCUT2D eigenvalue weighted by Gasteiger charge is 2.28. The maximum atomic E-state index is 10.1. The van der Waals surface area contributed by atoms with Crippen LogP contribution in [-0.2, 0) is 4.74 Å². The number of hydrogen-bond donors (Lipinski definition) is 1. The molecule has 0 unspecified atom stereocenters. The Morgan fingerprint density at radius 3 is 2.62 bits per heavy atom. The van der Waals surface area contributed by atoms with Crippen LogP contribution in [0, 0.1) is 0 Å². The van der Waals surface area contributed by atoms with E-state index < -0.39 is 0 Å². The van der Waals surface area contributed by atoms with Crippen molar-refractivity contribution in [2.45, 2.75) is 37.7 Å². The van der Waals surface area contributed by atoms with E-state index >= 15 is 0 Å². The molecule has 0 atom stereocenters. The monoisotopic (exact) mass is 204 g/mol. The average Bonchev–Trinajstić information content (AvgIpc) is 2.14. The molecule has 1 fully saturated rings. The van der Waals surface area contributed by atoms with E-state index in [0.717, 1.165) is 31.0 Å². The van der Waals surface area contributed by atoms with Gasteiger partial charge in [-0.3, -0.25) is 0 Å². The Bertz CT molecular complexity index is 133. The summed E-state index contributed by atoms with van der Waals surface area (Å²) < 4.78 is 4.96. The largest absolute Gasteiger partial charge is 0.389 e. The Morgan fingerprint density at radius 2 is 2.00 bits per heavy atom. The second-order valence-corrected chi connectivity index (χ2v) is 4.94. The molecule has 1 rings (SSSR count). The molecule has 0 radical (unpaired) electrons. The molecule has 13 heavy (non-hydrogen) atoms. The van der Waals surface area contributed by atoms with Crippen LogP contribution in [0.5, 0.6) is 0 Å². The van der Waals surface area contributed by atoms with Crippen LogP contribution in [-0.4, -0.2) is 35.9 Å². The lowest BCUT2D eigenvalue weighted by Gasteiger charge is -2.31. The van der Waals surface area contributed by atoms with E-state index in [1.54, 1.807) is 7.11 Å². The molecule has 2 nitrogen and oxygen atoms in total. The van der Waals surface area contributed by atoms with E-state index in [2.05, 4.69) is 0 Å². The van der Waals surface area contributed by atoms with Crippen LogP contribution >= 0.6 is 11.8 Å². The minimum atomic E-state index is -0.364. The molecule has 0 heterocycles. The number of rotatable bonds is 5. The first-order valence-corrected chi connectivity index (χ1v) is 6.21. The summed E-state index contributed by atoms with van der Waals surface area (Å²) in [4.78, 5) is 0. The Hall–Kier alpha value is 0.270. The van der Waals surface area contributed by atoms with Gasteiger partial charge in [0.15, 0.2) is 0 Å². The molecule has 0 bridgehead atoms. The Morgan fingerprint density at radius 1 is 1.31 bits per heavy atom. The molecule has 0 spiro atoms. The first-order chi connectivity index (χ1) is 6.27. The number of ether oxygens (including phenoxy) is 1. The number of thioether (sulfide) groups is 1. The molecule has 78 valence electrons. The van der Waals surface area contributed by atoms with Gasteiger partial charge in [0.25, 0.3) is 0 Å². The highest BCUT2D eigenvalue weighted by molar-refractivity contribution is 7.99. The number of hydrogen-bond acceptors (Lipinski definition) is 3. The van der Waals surface area contributed by atoms with Gasteiger partial charge >= 0.3 is 0 Å². The fourth-order valence-corrected chi connectivity index (χ4v) is 2.86. The van der Waals surface area contributed by atoms with E-state index in [0.29, 0.717) is 0 Å². The second kappa shape index (κ2) is 5.89. The van der Waals surface area contributed by atoms with Crippen LogP contribution < -0.4 is 0 Å². The minimum Gasteiger partial charge on any atom is -0.389 e. The normalized spacial score (nSPS) is 21.7. The van der Waals surface area contributed by atoms with Crippen molar-refractivity contribution in [2.24, 2.45) is 0 Å². The van der Waals surface area contributed by atoms with E-state index in [1.165, 1.54) is 19.3 Å². The molecule has 0 aromatic carbocycles. The zero-order valence-corrected chi connectivity index (χ0v) is 9.24. The first-order valence-electron chi connectivity index (χ1n) is 5.06. The number of aliphatic hydroxyl groups is 1. The van der Waals surface area contributed by atoms with Gasteiger partial charge in [0.2, 0.25) is 0 Å². The molecule has 1 saturated carbocycles. The molecule has 0 amide bonds. The van der Waals surface area contributed by atoms with E-state index in [-0.39, 0.29) is 5.60 Å². The predicted octanol–water partition coefficient (Wildman–Crippen LogP) is 2.06. The summed E-state index contributed by atoms with van der Waals surface area (Å²) in [6.07, 6.45) is 5.67. The molecule has 3 heteroatoms. The van der Waals surface area contributed by atoms with E-state index in [1.807, 2.05) is 11.8 Å². The van der Waals surface area contributed by atoms with Crippen LogP contribution in [0.1, 0.15) is 32.1 Å². The summed E-state index contributed by atoms with van der Waals surface area (Å²) in [6.45, 7) is 0.792. The fraction of sp³-hybridized carbons (Fsp3) is 1.00. The van der Waals surface area contributed by atoms with Gasteiger partial charge in [-0.25, -0.2) is 0 Å². The van der Waals surface area contributed by atoms with Crippen molar-refractivity contribution in [1.82, 2.24) is 0 Å².